The maximum absolute atomic E-state index is 13.5. The molecule has 1 aliphatic rings. The van der Waals surface area contributed by atoms with E-state index in [4.69, 9.17) is 38.0 Å². The van der Waals surface area contributed by atoms with Crippen LogP contribution >= 0.6 is 23.2 Å². The van der Waals surface area contributed by atoms with E-state index in [2.05, 4.69) is 10.6 Å². The van der Waals surface area contributed by atoms with Crippen LogP contribution in [0.15, 0.2) is 84.1 Å². The van der Waals surface area contributed by atoms with E-state index in [9.17, 15) is 4.79 Å². The molecule has 0 radical (unpaired) electrons. The van der Waals surface area contributed by atoms with Gasteiger partial charge in [-0.25, -0.2) is 4.68 Å². The molecule has 3 aromatic carbocycles. The number of nitrogens with one attached hydrogen (secondary N) is 2. The molecule has 1 atom stereocenters. The van der Waals surface area contributed by atoms with E-state index < -0.39 is 6.04 Å². The number of fused-ring (bicyclic) bond motifs is 1. The van der Waals surface area contributed by atoms with Crippen molar-refractivity contribution in [1.29, 1.82) is 0 Å². The summed E-state index contributed by atoms with van der Waals surface area (Å²) in [6, 6.07) is 21.5. The third-order valence-electron chi connectivity index (χ3n) is 5.72. The molecule has 2 N–H and O–H groups in total. The standard InChI is InChI=1S/C26H21Cl2N5O2/c1-15-22(25(34)30-18-8-4-3-5-9-18)23(16-11-12-20(27)21(28)14-16)33-26(29-15)31-24(32-33)17-7-6-10-19(13-17)35-2/h3-14,23H,1-2H3,(H,30,34)(H,29,31,32). The normalized spacial score (nSPS) is 14.8. The fourth-order valence-electron chi connectivity index (χ4n) is 4.04. The Labute approximate surface area is 212 Å². The lowest BCUT2D eigenvalue weighted by atomic mass is 9.95. The molecule has 0 bridgehead atoms. The summed E-state index contributed by atoms with van der Waals surface area (Å²) in [5, 5.41) is 11.8. The van der Waals surface area contributed by atoms with Gasteiger partial charge in [-0.3, -0.25) is 4.79 Å². The second-order valence-corrected chi connectivity index (χ2v) is 8.81. The lowest BCUT2D eigenvalue weighted by Gasteiger charge is -2.29. The maximum atomic E-state index is 13.5. The van der Waals surface area contributed by atoms with Crippen molar-refractivity contribution in [1.82, 2.24) is 14.8 Å². The molecule has 0 aliphatic carbocycles. The molecule has 1 unspecified atom stereocenters. The van der Waals surface area contributed by atoms with Crippen LogP contribution in [0.3, 0.4) is 0 Å². The molecule has 35 heavy (non-hydrogen) atoms. The minimum atomic E-state index is -0.586. The van der Waals surface area contributed by atoms with Gasteiger partial charge in [-0.1, -0.05) is 59.6 Å². The van der Waals surface area contributed by atoms with Gasteiger partial charge in [0.05, 0.1) is 22.7 Å². The van der Waals surface area contributed by atoms with Crippen molar-refractivity contribution in [2.75, 3.05) is 17.7 Å². The first-order valence-electron chi connectivity index (χ1n) is 10.8. The molecule has 1 aromatic heterocycles. The molecule has 0 spiro atoms. The first kappa shape index (κ1) is 23.0. The monoisotopic (exact) mass is 505 g/mol. The van der Waals surface area contributed by atoms with Gasteiger partial charge in [0.1, 0.15) is 11.8 Å². The van der Waals surface area contributed by atoms with Crippen LogP contribution in [0.4, 0.5) is 11.6 Å². The van der Waals surface area contributed by atoms with E-state index in [1.807, 2.05) is 67.6 Å². The van der Waals surface area contributed by atoms with Crippen LogP contribution in [-0.4, -0.2) is 27.8 Å². The zero-order valence-corrected chi connectivity index (χ0v) is 20.4. The quantitative estimate of drug-likeness (QED) is 0.338. The molecule has 7 nitrogen and oxygen atoms in total. The van der Waals surface area contributed by atoms with Crippen molar-refractivity contribution in [3.63, 3.8) is 0 Å². The number of anilines is 2. The summed E-state index contributed by atoms with van der Waals surface area (Å²) in [5.41, 5.74) is 3.37. The summed E-state index contributed by atoms with van der Waals surface area (Å²) in [6.45, 7) is 1.84. The second-order valence-electron chi connectivity index (χ2n) is 8.00. The third kappa shape index (κ3) is 4.48. The molecule has 0 saturated heterocycles. The molecular weight excluding hydrogens is 485 g/mol. The summed E-state index contributed by atoms with van der Waals surface area (Å²) < 4.78 is 7.04. The number of halogens is 2. The van der Waals surface area contributed by atoms with Crippen LogP contribution in [-0.2, 0) is 4.79 Å². The van der Waals surface area contributed by atoms with Crippen molar-refractivity contribution < 1.29 is 9.53 Å². The number of rotatable bonds is 5. The van der Waals surface area contributed by atoms with E-state index in [-0.39, 0.29) is 5.91 Å². The molecule has 0 fully saturated rings. The Bertz CT molecular complexity index is 1450. The average molecular weight is 506 g/mol. The number of allylic oxidation sites excluding steroid dienone is 1. The highest BCUT2D eigenvalue weighted by molar-refractivity contribution is 6.42. The average Bonchev–Trinajstić information content (AvgIpc) is 3.29. The van der Waals surface area contributed by atoms with Gasteiger partial charge in [0, 0.05) is 16.9 Å². The van der Waals surface area contributed by atoms with Crippen LogP contribution < -0.4 is 15.4 Å². The van der Waals surface area contributed by atoms with Crippen molar-refractivity contribution in [3.05, 3.63) is 99.7 Å². The lowest BCUT2D eigenvalue weighted by Crippen LogP contribution is -2.31. The second kappa shape index (κ2) is 9.44. The summed E-state index contributed by atoms with van der Waals surface area (Å²) in [4.78, 5) is 18.2. The molecule has 2 heterocycles. The number of hydrogen-bond acceptors (Lipinski definition) is 5. The Hall–Kier alpha value is -3.81. The Morgan fingerprint density at radius 2 is 1.83 bits per heavy atom. The van der Waals surface area contributed by atoms with Crippen molar-refractivity contribution in [3.8, 4) is 17.1 Å². The topological polar surface area (TPSA) is 81.1 Å². The number of hydrogen-bond donors (Lipinski definition) is 2. The van der Waals surface area contributed by atoms with Gasteiger partial charge in [0.2, 0.25) is 5.95 Å². The van der Waals surface area contributed by atoms with Crippen molar-refractivity contribution >= 4 is 40.7 Å². The van der Waals surface area contributed by atoms with Gasteiger partial charge in [-0.05, 0) is 48.9 Å². The largest absolute Gasteiger partial charge is 0.497 e. The summed E-state index contributed by atoms with van der Waals surface area (Å²) in [5.74, 6) is 1.43. The highest BCUT2D eigenvalue weighted by Gasteiger charge is 2.34. The number of para-hydroxylation sites is 1. The van der Waals surface area contributed by atoms with Crippen LogP contribution in [0.1, 0.15) is 18.5 Å². The maximum Gasteiger partial charge on any atom is 0.255 e. The molecule has 176 valence electrons. The van der Waals surface area contributed by atoms with Crippen LogP contribution in [0.5, 0.6) is 5.75 Å². The molecule has 5 rings (SSSR count). The smallest absolute Gasteiger partial charge is 0.255 e. The van der Waals surface area contributed by atoms with Gasteiger partial charge in [-0.2, -0.15) is 4.98 Å². The van der Waals surface area contributed by atoms with Crippen LogP contribution in [0.2, 0.25) is 10.0 Å². The molecule has 0 saturated carbocycles. The summed E-state index contributed by atoms with van der Waals surface area (Å²) in [7, 11) is 1.61. The van der Waals surface area contributed by atoms with E-state index in [0.717, 1.165) is 11.1 Å². The number of nitrogens with zero attached hydrogens (tertiary/aromatic N) is 3. The number of carbonyl (C=O) groups excluding carboxylic acids is 1. The molecule has 1 amide bonds. The van der Waals surface area contributed by atoms with E-state index in [1.54, 1.807) is 23.9 Å². The molecular formula is C26H21Cl2N5O2. The highest BCUT2D eigenvalue weighted by Crippen LogP contribution is 2.38. The third-order valence-corrected chi connectivity index (χ3v) is 6.46. The molecule has 1 aliphatic heterocycles. The zero-order chi connectivity index (χ0) is 24.5. The predicted molar refractivity (Wildman–Crippen MR) is 138 cm³/mol. The number of methoxy groups -OCH3 is 1. The van der Waals surface area contributed by atoms with Crippen LogP contribution in [0.25, 0.3) is 11.4 Å². The molecule has 9 heteroatoms. The molecule has 4 aromatic rings. The number of amides is 1. The Morgan fingerprint density at radius 1 is 1.03 bits per heavy atom. The SMILES string of the molecule is COc1cccc(-c2nc3n(n2)C(c2ccc(Cl)c(Cl)c2)C(C(=O)Nc2ccccc2)=C(C)N3)c1. The van der Waals surface area contributed by atoms with Gasteiger partial charge < -0.3 is 15.4 Å². The van der Waals surface area contributed by atoms with Gasteiger partial charge in [0.15, 0.2) is 5.82 Å². The van der Waals surface area contributed by atoms with Crippen molar-refractivity contribution in [2.45, 2.75) is 13.0 Å². The highest BCUT2D eigenvalue weighted by atomic mass is 35.5. The van der Waals surface area contributed by atoms with Crippen molar-refractivity contribution in [2.24, 2.45) is 0 Å². The van der Waals surface area contributed by atoms with E-state index in [0.29, 0.717) is 44.5 Å². The van der Waals surface area contributed by atoms with E-state index >= 15 is 0 Å². The minimum absolute atomic E-state index is 0.263. The first-order valence-corrected chi connectivity index (χ1v) is 11.6. The Morgan fingerprint density at radius 3 is 2.57 bits per heavy atom. The fraction of sp³-hybridized carbons (Fsp3) is 0.115. The number of carbonyl (C=O) groups is 1. The fourth-order valence-corrected chi connectivity index (χ4v) is 4.35. The summed E-state index contributed by atoms with van der Waals surface area (Å²) in [6.07, 6.45) is 0. The number of ether oxygens (including phenoxy) is 1. The Kier molecular flexibility index (Phi) is 6.19. The lowest BCUT2D eigenvalue weighted by molar-refractivity contribution is -0.113. The number of benzene rings is 3. The van der Waals surface area contributed by atoms with E-state index in [1.165, 1.54) is 0 Å². The predicted octanol–water partition coefficient (Wildman–Crippen LogP) is 6.19. The van der Waals surface area contributed by atoms with Gasteiger partial charge in [-0.15, -0.1) is 5.10 Å². The van der Waals surface area contributed by atoms with Gasteiger partial charge >= 0.3 is 0 Å². The first-order chi connectivity index (χ1) is 16.9. The van der Waals surface area contributed by atoms with Gasteiger partial charge in [0.25, 0.3) is 5.91 Å². The minimum Gasteiger partial charge on any atom is -0.497 e. The van der Waals surface area contributed by atoms with Crippen LogP contribution in [0, 0.1) is 0 Å². The zero-order valence-electron chi connectivity index (χ0n) is 18.9. The summed E-state index contributed by atoms with van der Waals surface area (Å²) >= 11 is 12.5. The number of aromatic nitrogens is 3. The Balaban J connectivity index is 1.62.